The number of nitrogens with one attached hydrogen (secondary N) is 1. The number of alkyl halides is 3. The van der Waals surface area contributed by atoms with Crippen molar-refractivity contribution in [3.63, 3.8) is 0 Å². The maximum absolute atomic E-state index is 12.1. The molecule has 23 heavy (non-hydrogen) atoms. The number of benzene rings is 2. The van der Waals surface area contributed by atoms with Crippen LogP contribution in [0.5, 0.6) is 5.75 Å². The van der Waals surface area contributed by atoms with Crippen LogP contribution < -0.4 is 15.9 Å². The van der Waals surface area contributed by atoms with Crippen molar-refractivity contribution in [2.24, 2.45) is 10.8 Å². The van der Waals surface area contributed by atoms with E-state index in [1.165, 1.54) is 12.1 Å². The molecule has 0 radical (unpaired) electrons. The molecule has 0 aliphatic rings. The summed E-state index contributed by atoms with van der Waals surface area (Å²) in [7, 11) is 0. The van der Waals surface area contributed by atoms with Crippen molar-refractivity contribution in [3.8, 4) is 16.9 Å². The van der Waals surface area contributed by atoms with Crippen molar-refractivity contribution in [1.29, 1.82) is 0 Å². The van der Waals surface area contributed by atoms with Gasteiger partial charge in [0.15, 0.2) is 5.11 Å². The molecule has 0 heterocycles. The van der Waals surface area contributed by atoms with Crippen LogP contribution in [0.2, 0.25) is 0 Å². The van der Waals surface area contributed by atoms with Crippen molar-refractivity contribution >= 4 is 23.5 Å². The molecular weight excluding hydrogens is 327 g/mol. The molecule has 0 atom stereocenters. The number of halogens is 3. The average molecular weight is 339 g/mol. The van der Waals surface area contributed by atoms with Gasteiger partial charge < -0.3 is 10.5 Å². The molecule has 120 valence electrons. The Hall–Kier alpha value is -2.61. The topological polar surface area (TPSA) is 59.6 Å². The number of nitrogens with zero attached hydrogens (tertiary/aromatic N) is 1. The molecule has 3 N–H and O–H groups in total. The summed E-state index contributed by atoms with van der Waals surface area (Å²) in [6.07, 6.45) is -3.15. The number of nitrogens with two attached hydrogens (primary N) is 1. The van der Waals surface area contributed by atoms with Gasteiger partial charge >= 0.3 is 6.36 Å². The van der Waals surface area contributed by atoms with Crippen LogP contribution in [0.15, 0.2) is 53.6 Å². The van der Waals surface area contributed by atoms with Crippen LogP contribution in [0.4, 0.5) is 13.2 Å². The van der Waals surface area contributed by atoms with E-state index in [9.17, 15) is 13.2 Å². The summed E-state index contributed by atoms with van der Waals surface area (Å²) in [6, 6.07) is 12.9. The van der Waals surface area contributed by atoms with E-state index in [1.807, 2.05) is 12.1 Å². The molecule has 0 spiro atoms. The first-order valence-electron chi connectivity index (χ1n) is 6.38. The fourth-order valence-corrected chi connectivity index (χ4v) is 1.83. The van der Waals surface area contributed by atoms with Crippen LogP contribution in [-0.4, -0.2) is 17.7 Å². The number of hydrogen-bond donors (Lipinski definition) is 2. The van der Waals surface area contributed by atoms with E-state index >= 15 is 0 Å². The monoisotopic (exact) mass is 339 g/mol. The lowest BCUT2D eigenvalue weighted by Gasteiger charge is -2.09. The van der Waals surface area contributed by atoms with E-state index in [0.717, 1.165) is 16.7 Å². The number of rotatable bonds is 4. The van der Waals surface area contributed by atoms with Crippen molar-refractivity contribution in [2.75, 3.05) is 0 Å². The minimum absolute atomic E-state index is 0.0686. The summed E-state index contributed by atoms with van der Waals surface area (Å²) in [5.74, 6) is -0.256. The largest absolute Gasteiger partial charge is 0.573 e. The van der Waals surface area contributed by atoms with E-state index in [2.05, 4.69) is 27.5 Å². The van der Waals surface area contributed by atoms with Crippen LogP contribution in [0.1, 0.15) is 5.56 Å². The normalized spacial score (nSPS) is 11.4. The summed E-state index contributed by atoms with van der Waals surface area (Å²) in [6.45, 7) is 0. The average Bonchev–Trinajstić information content (AvgIpc) is 2.47. The molecule has 2 rings (SSSR count). The predicted octanol–water partition coefficient (Wildman–Crippen LogP) is 3.42. The maximum atomic E-state index is 12.1. The Kier molecular flexibility index (Phi) is 5.17. The molecule has 0 saturated heterocycles. The highest BCUT2D eigenvalue weighted by Gasteiger charge is 2.30. The van der Waals surface area contributed by atoms with Crippen LogP contribution in [-0.2, 0) is 0 Å². The van der Waals surface area contributed by atoms with Gasteiger partial charge in [-0.1, -0.05) is 36.4 Å². The first-order valence-corrected chi connectivity index (χ1v) is 6.79. The van der Waals surface area contributed by atoms with Gasteiger partial charge in [-0.2, -0.15) is 5.10 Å². The summed E-state index contributed by atoms with van der Waals surface area (Å²) in [4.78, 5) is 0. The molecule has 0 fully saturated rings. The molecule has 0 aliphatic carbocycles. The standard InChI is InChI=1S/C15H12F3N3OS/c16-15(17,18)22-13-7-5-12(6-8-13)11-3-1-10(2-4-11)9-20-21-14(19)23/h1-9H,(H3,19,21,23). The zero-order valence-corrected chi connectivity index (χ0v) is 12.5. The van der Waals surface area contributed by atoms with Crippen LogP contribution in [0.3, 0.4) is 0 Å². The predicted molar refractivity (Wildman–Crippen MR) is 86.1 cm³/mol. The second kappa shape index (κ2) is 7.10. The molecule has 0 bridgehead atoms. The lowest BCUT2D eigenvalue weighted by Crippen LogP contribution is -2.23. The first-order chi connectivity index (χ1) is 10.8. The molecule has 4 nitrogen and oxygen atoms in total. The first kappa shape index (κ1) is 16.8. The molecule has 0 aromatic heterocycles. The highest BCUT2D eigenvalue weighted by Crippen LogP contribution is 2.26. The smallest absolute Gasteiger partial charge is 0.406 e. The van der Waals surface area contributed by atoms with Gasteiger partial charge in [0.1, 0.15) is 5.75 Å². The molecule has 2 aromatic rings. The highest BCUT2D eigenvalue weighted by molar-refractivity contribution is 7.80. The van der Waals surface area contributed by atoms with Gasteiger partial charge in [0.2, 0.25) is 0 Å². The molecule has 2 aromatic carbocycles. The molecule has 8 heteroatoms. The van der Waals surface area contributed by atoms with Gasteiger partial charge in [-0.05, 0) is 41.0 Å². The number of thiocarbonyl (C=S) groups is 1. The van der Waals surface area contributed by atoms with Crippen molar-refractivity contribution in [2.45, 2.75) is 6.36 Å². The van der Waals surface area contributed by atoms with Gasteiger partial charge in [0, 0.05) is 0 Å². The summed E-state index contributed by atoms with van der Waals surface area (Å²) >= 11 is 4.61. The lowest BCUT2D eigenvalue weighted by molar-refractivity contribution is -0.274. The summed E-state index contributed by atoms with van der Waals surface area (Å²) in [5, 5.41) is 3.89. The Labute approximate surface area is 135 Å². The molecule has 0 amide bonds. The van der Waals surface area contributed by atoms with Crippen molar-refractivity contribution in [3.05, 3.63) is 54.1 Å². The minimum atomic E-state index is -4.69. The van der Waals surface area contributed by atoms with Gasteiger partial charge in [-0.15, -0.1) is 13.2 Å². The Morgan fingerprint density at radius 3 is 2.04 bits per heavy atom. The fraction of sp³-hybridized carbons (Fsp3) is 0.0667. The number of hydrazone groups is 1. The molecule has 0 unspecified atom stereocenters. The minimum Gasteiger partial charge on any atom is -0.406 e. The molecule has 0 saturated carbocycles. The van der Waals surface area contributed by atoms with Crippen molar-refractivity contribution in [1.82, 2.24) is 5.43 Å². The third-order valence-electron chi connectivity index (χ3n) is 2.72. The van der Waals surface area contributed by atoms with Crippen LogP contribution >= 0.6 is 12.2 Å². The Bertz CT molecular complexity index is 697. The van der Waals surface area contributed by atoms with Crippen LogP contribution in [0.25, 0.3) is 11.1 Å². The van der Waals surface area contributed by atoms with Gasteiger partial charge in [-0.3, -0.25) is 5.43 Å². The Morgan fingerprint density at radius 2 is 1.57 bits per heavy atom. The van der Waals surface area contributed by atoms with E-state index in [4.69, 9.17) is 5.73 Å². The Balaban J connectivity index is 2.07. The van der Waals surface area contributed by atoms with Gasteiger partial charge in [-0.25, -0.2) is 0 Å². The van der Waals surface area contributed by atoms with Crippen molar-refractivity contribution < 1.29 is 17.9 Å². The number of ether oxygens (including phenoxy) is 1. The Morgan fingerprint density at radius 1 is 1.04 bits per heavy atom. The second-order valence-corrected chi connectivity index (χ2v) is 4.87. The van der Waals surface area contributed by atoms with E-state index in [-0.39, 0.29) is 10.9 Å². The van der Waals surface area contributed by atoms with E-state index in [1.54, 1.807) is 30.5 Å². The summed E-state index contributed by atoms with van der Waals surface area (Å²) in [5.41, 5.74) is 10.1. The van der Waals surface area contributed by atoms with E-state index in [0.29, 0.717) is 0 Å². The van der Waals surface area contributed by atoms with Gasteiger partial charge in [0.25, 0.3) is 0 Å². The van der Waals surface area contributed by atoms with E-state index < -0.39 is 6.36 Å². The zero-order chi connectivity index (χ0) is 16.9. The quantitative estimate of drug-likeness (QED) is 0.509. The molecule has 0 aliphatic heterocycles. The molecular formula is C15H12F3N3OS. The third-order valence-corrected chi connectivity index (χ3v) is 2.81. The van der Waals surface area contributed by atoms with Crippen LogP contribution in [0, 0.1) is 0 Å². The fourth-order valence-electron chi connectivity index (χ4n) is 1.78. The highest BCUT2D eigenvalue weighted by atomic mass is 32.1. The SMILES string of the molecule is NC(=S)NN=Cc1ccc(-c2ccc(OC(F)(F)F)cc2)cc1. The zero-order valence-electron chi connectivity index (χ0n) is 11.7. The number of hydrogen-bond acceptors (Lipinski definition) is 3. The second-order valence-electron chi connectivity index (χ2n) is 4.43. The van der Waals surface area contributed by atoms with Gasteiger partial charge in [0.05, 0.1) is 6.21 Å². The summed E-state index contributed by atoms with van der Waals surface area (Å²) < 4.78 is 40.1. The lowest BCUT2D eigenvalue weighted by atomic mass is 10.0. The maximum Gasteiger partial charge on any atom is 0.573 e. The third kappa shape index (κ3) is 5.59.